The Balaban J connectivity index is 1.98. The van der Waals surface area contributed by atoms with Crippen LogP contribution < -0.4 is 11.0 Å². The predicted octanol–water partition coefficient (Wildman–Crippen LogP) is 0.584. The number of carbonyl (C=O) groups is 1. The molecule has 0 saturated heterocycles. The molecule has 0 spiro atoms. The van der Waals surface area contributed by atoms with Gasteiger partial charge in [-0.15, -0.1) is 0 Å². The SMILES string of the molecule is CC(C)CNC(=O)N(C)C1CCc2nn(C)c(=O)n2CC1. The van der Waals surface area contributed by atoms with Crippen LogP contribution in [0.15, 0.2) is 4.79 Å². The summed E-state index contributed by atoms with van der Waals surface area (Å²) in [5.41, 5.74) is -0.0717. The molecule has 2 rings (SSSR count). The number of nitrogens with one attached hydrogen (secondary N) is 1. The zero-order chi connectivity index (χ0) is 15.6. The van der Waals surface area contributed by atoms with Crippen molar-refractivity contribution in [2.45, 2.75) is 45.7 Å². The van der Waals surface area contributed by atoms with Crippen LogP contribution in [0.5, 0.6) is 0 Å². The number of fused-ring (bicyclic) bond motifs is 1. The number of aryl methyl sites for hydroxylation is 2. The third-order valence-electron chi connectivity index (χ3n) is 4.00. The second-order valence-electron chi connectivity index (χ2n) is 6.15. The fourth-order valence-corrected chi connectivity index (χ4v) is 2.65. The molecule has 1 aromatic rings. The molecule has 7 nitrogen and oxygen atoms in total. The summed E-state index contributed by atoms with van der Waals surface area (Å²) in [6.07, 6.45) is 2.34. The van der Waals surface area contributed by atoms with Gasteiger partial charge in [0.2, 0.25) is 0 Å². The van der Waals surface area contributed by atoms with Crippen molar-refractivity contribution in [3.63, 3.8) is 0 Å². The molecule has 1 unspecified atom stereocenters. The van der Waals surface area contributed by atoms with Crippen molar-refractivity contribution < 1.29 is 4.79 Å². The maximum absolute atomic E-state index is 12.1. The topological polar surface area (TPSA) is 72.2 Å². The lowest BCUT2D eigenvalue weighted by molar-refractivity contribution is 0.182. The van der Waals surface area contributed by atoms with Crippen LogP contribution in [0.25, 0.3) is 0 Å². The Labute approximate surface area is 124 Å². The van der Waals surface area contributed by atoms with E-state index in [9.17, 15) is 9.59 Å². The Morgan fingerprint density at radius 2 is 2.19 bits per heavy atom. The van der Waals surface area contributed by atoms with Crippen molar-refractivity contribution >= 4 is 6.03 Å². The number of rotatable bonds is 3. The van der Waals surface area contributed by atoms with Crippen molar-refractivity contribution in [1.82, 2.24) is 24.6 Å². The molecule has 2 amide bonds. The second-order valence-corrected chi connectivity index (χ2v) is 6.15. The highest BCUT2D eigenvalue weighted by Crippen LogP contribution is 2.16. The summed E-state index contributed by atoms with van der Waals surface area (Å²) in [6, 6.07) is 0.102. The Morgan fingerprint density at radius 1 is 1.48 bits per heavy atom. The van der Waals surface area contributed by atoms with Gasteiger partial charge in [0.25, 0.3) is 0 Å². The number of urea groups is 1. The van der Waals surface area contributed by atoms with Gasteiger partial charge in [-0.2, -0.15) is 5.10 Å². The molecule has 0 radical (unpaired) electrons. The van der Waals surface area contributed by atoms with E-state index in [1.807, 2.05) is 7.05 Å². The zero-order valence-electron chi connectivity index (χ0n) is 13.3. The first-order chi connectivity index (χ1) is 9.90. The Hall–Kier alpha value is -1.79. The van der Waals surface area contributed by atoms with Crippen LogP contribution in [0, 0.1) is 5.92 Å². The number of aromatic nitrogens is 3. The maximum Gasteiger partial charge on any atom is 0.345 e. The van der Waals surface area contributed by atoms with Crippen molar-refractivity contribution in [2.24, 2.45) is 13.0 Å². The van der Waals surface area contributed by atoms with Crippen LogP contribution in [0.1, 0.15) is 32.5 Å². The normalized spacial score (nSPS) is 18.2. The molecule has 1 aliphatic heterocycles. The number of amides is 2. The third kappa shape index (κ3) is 3.46. The first kappa shape index (κ1) is 15.6. The van der Waals surface area contributed by atoms with Crippen LogP contribution in [-0.2, 0) is 20.0 Å². The van der Waals surface area contributed by atoms with Gasteiger partial charge in [0.05, 0.1) is 0 Å². The summed E-state index contributed by atoms with van der Waals surface area (Å²) in [5.74, 6) is 1.26. The molecule has 2 heterocycles. The number of hydrogen-bond donors (Lipinski definition) is 1. The summed E-state index contributed by atoms with van der Waals surface area (Å²) in [5, 5.41) is 7.19. The number of carbonyl (C=O) groups excluding carboxylic acids is 1. The van der Waals surface area contributed by atoms with Crippen LogP contribution in [-0.4, -0.2) is 44.9 Å². The lowest BCUT2D eigenvalue weighted by atomic mass is 10.1. The van der Waals surface area contributed by atoms with Crippen LogP contribution in [0.2, 0.25) is 0 Å². The molecule has 7 heteroatoms. The number of hydrogen-bond acceptors (Lipinski definition) is 3. The lowest BCUT2D eigenvalue weighted by Gasteiger charge is -2.27. The van der Waals surface area contributed by atoms with E-state index in [1.165, 1.54) is 4.68 Å². The van der Waals surface area contributed by atoms with Gasteiger partial charge in [-0.25, -0.2) is 14.3 Å². The monoisotopic (exact) mass is 295 g/mol. The average molecular weight is 295 g/mol. The van der Waals surface area contributed by atoms with E-state index >= 15 is 0 Å². The minimum Gasteiger partial charge on any atom is -0.338 e. The second kappa shape index (κ2) is 6.32. The van der Waals surface area contributed by atoms with E-state index in [1.54, 1.807) is 16.5 Å². The van der Waals surface area contributed by atoms with Gasteiger partial charge in [-0.1, -0.05) is 13.8 Å². The molecule has 1 atom stereocenters. The fraction of sp³-hybridized carbons (Fsp3) is 0.786. The highest BCUT2D eigenvalue weighted by atomic mass is 16.2. The first-order valence-corrected chi connectivity index (χ1v) is 7.53. The zero-order valence-corrected chi connectivity index (χ0v) is 13.3. The lowest BCUT2D eigenvalue weighted by Crippen LogP contribution is -2.45. The van der Waals surface area contributed by atoms with Crippen LogP contribution in [0.3, 0.4) is 0 Å². The molecule has 21 heavy (non-hydrogen) atoms. The van der Waals surface area contributed by atoms with Crippen LogP contribution >= 0.6 is 0 Å². The first-order valence-electron chi connectivity index (χ1n) is 7.53. The number of nitrogens with zero attached hydrogens (tertiary/aromatic N) is 4. The molecule has 0 saturated carbocycles. The standard InChI is InChI=1S/C14H25N5O2/c1-10(2)9-15-13(20)17(3)11-5-6-12-16-18(4)14(21)19(12)8-7-11/h10-11H,5-9H2,1-4H3,(H,15,20). The van der Waals surface area contributed by atoms with Gasteiger partial charge in [-0.3, -0.25) is 4.57 Å². The third-order valence-corrected chi connectivity index (χ3v) is 4.00. The largest absolute Gasteiger partial charge is 0.345 e. The van der Waals surface area contributed by atoms with Crippen molar-refractivity contribution in [1.29, 1.82) is 0 Å². The van der Waals surface area contributed by atoms with E-state index in [0.717, 1.165) is 25.1 Å². The van der Waals surface area contributed by atoms with Gasteiger partial charge in [0.1, 0.15) is 5.82 Å². The van der Waals surface area contributed by atoms with Crippen molar-refractivity contribution in [3.05, 3.63) is 16.3 Å². The van der Waals surface area contributed by atoms with E-state index in [4.69, 9.17) is 0 Å². The van der Waals surface area contributed by atoms with Crippen LogP contribution in [0.4, 0.5) is 4.79 Å². The molecule has 1 aliphatic rings. The summed E-state index contributed by atoms with van der Waals surface area (Å²) in [4.78, 5) is 25.8. The van der Waals surface area contributed by atoms with Gasteiger partial charge in [-0.05, 0) is 18.8 Å². The highest BCUT2D eigenvalue weighted by molar-refractivity contribution is 5.74. The molecule has 0 fully saturated rings. The fourth-order valence-electron chi connectivity index (χ4n) is 2.65. The van der Waals surface area contributed by atoms with E-state index < -0.39 is 0 Å². The minimum absolute atomic E-state index is 0.0406. The molecule has 118 valence electrons. The molecule has 0 aromatic carbocycles. The highest BCUT2D eigenvalue weighted by Gasteiger charge is 2.25. The quantitative estimate of drug-likeness (QED) is 0.887. The van der Waals surface area contributed by atoms with Gasteiger partial charge >= 0.3 is 11.7 Å². The van der Waals surface area contributed by atoms with Crippen molar-refractivity contribution in [3.8, 4) is 0 Å². The molecule has 1 aromatic heterocycles. The Bertz CT molecular complexity index is 560. The minimum atomic E-state index is -0.0717. The summed E-state index contributed by atoms with van der Waals surface area (Å²) >= 11 is 0. The molecule has 0 bridgehead atoms. The molecule has 0 aliphatic carbocycles. The predicted molar refractivity (Wildman–Crippen MR) is 80.2 cm³/mol. The van der Waals surface area contributed by atoms with Gasteiger partial charge in [0.15, 0.2) is 0 Å². The van der Waals surface area contributed by atoms with Gasteiger partial charge in [0, 0.05) is 39.6 Å². The van der Waals surface area contributed by atoms with Crippen molar-refractivity contribution in [2.75, 3.05) is 13.6 Å². The van der Waals surface area contributed by atoms with E-state index in [-0.39, 0.29) is 17.8 Å². The smallest absolute Gasteiger partial charge is 0.338 e. The Morgan fingerprint density at radius 3 is 2.86 bits per heavy atom. The van der Waals surface area contributed by atoms with E-state index in [0.29, 0.717) is 19.0 Å². The molecule has 1 N–H and O–H groups in total. The molecular weight excluding hydrogens is 270 g/mol. The maximum atomic E-state index is 12.1. The molecular formula is C14H25N5O2. The summed E-state index contributed by atoms with van der Waals surface area (Å²) < 4.78 is 3.11. The van der Waals surface area contributed by atoms with Gasteiger partial charge < -0.3 is 10.2 Å². The average Bonchev–Trinajstić information content (AvgIpc) is 2.62. The van der Waals surface area contributed by atoms with E-state index in [2.05, 4.69) is 24.3 Å². The Kier molecular flexibility index (Phi) is 4.69. The summed E-state index contributed by atoms with van der Waals surface area (Å²) in [7, 11) is 3.50. The summed E-state index contributed by atoms with van der Waals surface area (Å²) in [6.45, 7) is 5.44.